The molecule has 1 atom stereocenters. The molecule has 0 aromatic heterocycles. The lowest BCUT2D eigenvalue weighted by Crippen LogP contribution is -1.95. The lowest BCUT2D eigenvalue weighted by molar-refractivity contribution is 0.855. The Morgan fingerprint density at radius 2 is 1.76 bits per heavy atom. The van der Waals surface area contributed by atoms with Crippen LogP contribution in [-0.2, 0) is 0 Å². The van der Waals surface area contributed by atoms with Gasteiger partial charge in [0.2, 0.25) is 0 Å². The molecule has 1 aliphatic carbocycles. The first-order valence-corrected chi connectivity index (χ1v) is 6.65. The molecule has 2 aromatic carbocycles. The van der Waals surface area contributed by atoms with Crippen molar-refractivity contribution >= 4 is 26.7 Å². The third-order valence-electron chi connectivity index (χ3n) is 3.24. The van der Waals surface area contributed by atoms with E-state index in [9.17, 15) is 0 Å². The minimum atomic E-state index is 0.535. The molecule has 1 heteroatoms. The first-order chi connectivity index (χ1) is 8.33. The van der Waals surface area contributed by atoms with Crippen LogP contribution < -0.4 is 0 Å². The molecule has 0 amide bonds. The van der Waals surface area contributed by atoms with Crippen molar-refractivity contribution < 1.29 is 0 Å². The summed E-state index contributed by atoms with van der Waals surface area (Å²) < 4.78 is 1.14. The van der Waals surface area contributed by atoms with E-state index in [1.165, 1.54) is 16.3 Å². The van der Waals surface area contributed by atoms with Gasteiger partial charge in [-0.1, -0.05) is 64.5 Å². The molecule has 17 heavy (non-hydrogen) atoms. The highest BCUT2D eigenvalue weighted by Crippen LogP contribution is 2.28. The molecule has 0 radical (unpaired) electrons. The minimum Gasteiger partial charge on any atom is -0.0836 e. The van der Waals surface area contributed by atoms with Crippen molar-refractivity contribution in [3.8, 4) is 0 Å². The van der Waals surface area contributed by atoms with E-state index < -0.39 is 0 Å². The number of hydrogen-bond donors (Lipinski definition) is 0. The summed E-state index contributed by atoms with van der Waals surface area (Å²) in [7, 11) is 0. The Kier molecular flexibility index (Phi) is 2.86. The van der Waals surface area contributed by atoms with Crippen LogP contribution in [0.5, 0.6) is 0 Å². The van der Waals surface area contributed by atoms with E-state index in [2.05, 4.69) is 76.6 Å². The molecule has 0 nitrogen and oxygen atoms in total. The highest BCUT2D eigenvalue weighted by atomic mass is 79.9. The molecule has 0 saturated heterocycles. The lowest BCUT2D eigenvalue weighted by atomic mass is 9.91. The molecule has 0 N–H and O–H groups in total. The van der Waals surface area contributed by atoms with Gasteiger partial charge in [0, 0.05) is 10.4 Å². The third-order valence-corrected chi connectivity index (χ3v) is 3.73. The first kappa shape index (κ1) is 10.8. The van der Waals surface area contributed by atoms with Crippen LogP contribution in [0.15, 0.2) is 65.2 Å². The van der Waals surface area contributed by atoms with Crippen LogP contribution in [-0.4, -0.2) is 0 Å². The Balaban J connectivity index is 2.04. The average molecular weight is 285 g/mol. The summed E-state index contributed by atoms with van der Waals surface area (Å²) in [4.78, 5) is 0. The smallest absolute Gasteiger partial charge is 0.0181 e. The molecule has 1 aliphatic rings. The van der Waals surface area contributed by atoms with Crippen LogP contribution in [0.2, 0.25) is 0 Å². The second-order valence-corrected chi connectivity index (χ2v) is 5.32. The number of benzene rings is 2. The van der Waals surface area contributed by atoms with Crippen molar-refractivity contribution in [3.05, 3.63) is 70.7 Å². The molecule has 0 bridgehead atoms. The summed E-state index contributed by atoms with van der Waals surface area (Å²) in [6.07, 6.45) is 9.88. The highest BCUT2D eigenvalue weighted by Gasteiger charge is 2.08. The minimum absolute atomic E-state index is 0.535. The van der Waals surface area contributed by atoms with Crippen LogP contribution in [0.25, 0.3) is 10.8 Å². The molecule has 0 fully saturated rings. The molecule has 3 rings (SSSR count). The van der Waals surface area contributed by atoms with Gasteiger partial charge < -0.3 is 0 Å². The van der Waals surface area contributed by atoms with E-state index in [-0.39, 0.29) is 0 Å². The molecule has 84 valence electrons. The van der Waals surface area contributed by atoms with Gasteiger partial charge in [0.25, 0.3) is 0 Å². The summed E-state index contributed by atoms with van der Waals surface area (Å²) >= 11 is 3.51. The van der Waals surface area contributed by atoms with Crippen molar-refractivity contribution in [3.63, 3.8) is 0 Å². The Labute approximate surface area is 110 Å². The predicted octanol–water partition coefficient (Wildman–Crippen LogP) is 5.20. The fourth-order valence-corrected chi connectivity index (χ4v) is 2.67. The Hall–Kier alpha value is -1.34. The van der Waals surface area contributed by atoms with Crippen molar-refractivity contribution in [1.29, 1.82) is 0 Å². The number of allylic oxidation sites excluding steroid dienone is 4. The Morgan fingerprint density at radius 1 is 0.941 bits per heavy atom. The van der Waals surface area contributed by atoms with Crippen molar-refractivity contribution in [2.45, 2.75) is 12.3 Å². The Morgan fingerprint density at radius 3 is 2.59 bits per heavy atom. The molecular formula is C16H13Br. The number of halogens is 1. The fraction of sp³-hybridized carbons (Fsp3) is 0.125. The number of hydrogen-bond acceptors (Lipinski definition) is 0. The molecule has 1 unspecified atom stereocenters. The predicted molar refractivity (Wildman–Crippen MR) is 77.3 cm³/mol. The van der Waals surface area contributed by atoms with Gasteiger partial charge in [-0.3, -0.25) is 0 Å². The van der Waals surface area contributed by atoms with E-state index in [0.717, 1.165) is 10.9 Å². The second-order valence-electron chi connectivity index (χ2n) is 4.41. The third kappa shape index (κ3) is 2.20. The van der Waals surface area contributed by atoms with E-state index in [1.54, 1.807) is 0 Å². The quantitative estimate of drug-likeness (QED) is 0.675. The van der Waals surface area contributed by atoms with E-state index >= 15 is 0 Å². The maximum atomic E-state index is 3.51. The van der Waals surface area contributed by atoms with Crippen molar-refractivity contribution in [2.75, 3.05) is 0 Å². The van der Waals surface area contributed by atoms with Crippen LogP contribution in [0.4, 0.5) is 0 Å². The normalized spacial score (nSPS) is 18.8. The zero-order valence-corrected chi connectivity index (χ0v) is 11.0. The summed E-state index contributed by atoms with van der Waals surface area (Å²) in [6, 6.07) is 13.2. The standard InChI is InChI=1S/C16H13Br/c17-16-9-8-14-10-13(6-7-15(14)11-16)12-4-2-1-3-5-12/h1-4,6-12H,5H2. The van der Waals surface area contributed by atoms with Gasteiger partial charge in [0.1, 0.15) is 0 Å². The van der Waals surface area contributed by atoms with Crippen molar-refractivity contribution in [1.82, 2.24) is 0 Å². The Bertz CT molecular complexity index is 608. The zero-order chi connectivity index (χ0) is 11.7. The van der Waals surface area contributed by atoms with Gasteiger partial charge in [-0.2, -0.15) is 0 Å². The molecular weight excluding hydrogens is 272 g/mol. The van der Waals surface area contributed by atoms with Gasteiger partial charge in [-0.15, -0.1) is 0 Å². The molecule has 0 heterocycles. The van der Waals surface area contributed by atoms with Gasteiger partial charge >= 0.3 is 0 Å². The maximum Gasteiger partial charge on any atom is 0.0181 e. The molecule has 2 aromatic rings. The van der Waals surface area contributed by atoms with E-state index in [4.69, 9.17) is 0 Å². The topological polar surface area (TPSA) is 0 Å². The van der Waals surface area contributed by atoms with Gasteiger partial charge in [-0.25, -0.2) is 0 Å². The summed E-state index contributed by atoms with van der Waals surface area (Å²) in [5.74, 6) is 0.535. The average Bonchev–Trinajstić information content (AvgIpc) is 2.39. The van der Waals surface area contributed by atoms with Crippen molar-refractivity contribution in [2.24, 2.45) is 0 Å². The zero-order valence-electron chi connectivity index (χ0n) is 9.44. The van der Waals surface area contributed by atoms with Crippen LogP contribution in [0, 0.1) is 0 Å². The van der Waals surface area contributed by atoms with Gasteiger partial charge in [0.05, 0.1) is 0 Å². The largest absolute Gasteiger partial charge is 0.0836 e. The maximum absolute atomic E-state index is 3.51. The lowest BCUT2D eigenvalue weighted by Gasteiger charge is -2.14. The first-order valence-electron chi connectivity index (χ1n) is 5.85. The van der Waals surface area contributed by atoms with Crippen LogP contribution in [0.3, 0.4) is 0 Å². The molecule has 0 aliphatic heterocycles. The SMILES string of the molecule is Brc1ccc2cc(C3C=CC=CC3)ccc2c1. The van der Waals surface area contributed by atoms with Crippen LogP contribution in [0.1, 0.15) is 17.9 Å². The number of rotatable bonds is 1. The van der Waals surface area contributed by atoms with Gasteiger partial charge in [-0.05, 0) is 34.9 Å². The van der Waals surface area contributed by atoms with Gasteiger partial charge in [0.15, 0.2) is 0 Å². The van der Waals surface area contributed by atoms with Crippen LogP contribution >= 0.6 is 15.9 Å². The second kappa shape index (κ2) is 4.50. The van der Waals surface area contributed by atoms with E-state index in [1.807, 2.05) is 0 Å². The molecule has 0 spiro atoms. The highest BCUT2D eigenvalue weighted by molar-refractivity contribution is 9.10. The monoisotopic (exact) mass is 284 g/mol. The van der Waals surface area contributed by atoms with E-state index in [0.29, 0.717) is 5.92 Å². The fourth-order valence-electron chi connectivity index (χ4n) is 2.29. The molecule has 0 saturated carbocycles. The summed E-state index contributed by atoms with van der Waals surface area (Å²) in [5, 5.41) is 2.60. The number of fused-ring (bicyclic) bond motifs is 1. The summed E-state index contributed by atoms with van der Waals surface area (Å²) in [5.41, 5.74) is 1.40. The summed E-state index contributed by atoms with van der Waals surface area (Å²) in [6.45, 7) is 0.